The molecule has 0 aliphatic rings. The summed E-state index contributed by atoms with van der Waals surface area (Å²) < 4.78 is 8.18. The van der Waals surface area contributed by atoms with Gasteiger partial charge in [0.25, 0.3) is 0 Å². The highest BCUT2D eigenvalue weighted by Crippen LogP contribution is 2.25. The van der Waals surface area contributed by atoms with Crippen LogP contribution in [0.1, 0.15) is 13.3 Å². The molecule has 0 aliphatic carbocycles. The minimum atomic E-state index is 0.748. The average molecular weight is 338 g/mol. The number of aromatic nitrogens is 3. The first-order valence-electron chi connectivity index (χ1n) is 6.01. The SMILES string of the molecule is CCCOc1ccc(-c2cn3nc(Br)sc3n2)cc1. The number of nitrogens with zero attached hydrogens (tertiary/aromatic N) is 3. The number of ether oxygens (including phenoxy) is 1. The van der Waals surface area contributed by atoms with Crippen molar-refractivity contribution in [2.24, 2.45) is 0 Å². The first-order valence-corrected chi connectivity index (χ1v) is 7.62. The van der Waals surface area contributed by atoms with Crippen molar-refractivity contribution in [3.05, 3.63) is 34.4 Å². The average Bonchev–Trinajstić information content (AvgIpc) is 2.94. The van der Waals surface area contributed by atoms with Gasteiger partial charge in [0.1, 0.15) is 5.75 Å². The van der Waals surface area contributed by atoms with E-state index in [0.717, 1.165) is 38.9 Å². The molecule has 0 spiro atoms. The van der Waals surface area contributed by atoms with Gasteiger partial charge in [-0.15, -0.1) is 5.10 Å². The Hall–Kier alpha value is -1.40. The molecule has 0 amide bonds. The van der Waals surface area contributed by atoms with Crippen molar-refractivity contribution >= 4 is 32.2 Å². The molecule has 0 N–H and O–H groups in total. The standard InChI is InChI=1S/C13H12BrN3OS/c1-2-7-18-10-5-3-9(4-6-10)11-8-17-13(15-11)19-12(14)16-17/h3-6,8H,2,7H2,1H3. The van der Waals surface area contributed by atoms with Crippen molar-refractivity contribution < 1.29 is 4.74 Å². The molecule has 0 radical (unpaired) electrons. The first kappa shape index (κ1) is 12.6. The molecular weight excluding hydrogens is 326 g/mol. The molecule has 1 aromatic carbocycles. The number of hydrogen-bond donors (Lipinski definition) is 0. The Kier molecular flexibility index (Phi) is 3.52. The summed E-state index contributed by atoms with van der Waals surface area (Å²) in [5.41, 5.74) is 1.99. The smallest absolute Gasteiger partial charge is 0.213 e. The highest BCUT2D eigenvalue weighted by Gasteiger charge is 2.08. The third kappa shape index (κ3) is 2.64. The lowest BCUT2D eigenvalue weighted by molar-refractivity contribution is 0.317. The molecule has 3 aromatic rings. The third-order valence-corrected chi connectivity index (χ3v) is 4.00. The van der Waals surface area contributed by atoms with Gasteiger partial charge in [0.2, 0.25) is 4.96 Å². The van der Waals surface area contributed by atoms with Gasteiger partial charge in [-0.3, -0.25) is 0 Å². The summed E-state index contributed by atoms with van der Waals surface area (Å²) in [6.45, 7) is 2.84. The van der Waals surface area contributed by atoms with Gasteiger partial charge >= 0.3 is 0 Å². The third-order valence-electron chi connectivity index (χ3n) is 2.64. The zero-order valence-corrected chi connectivity index (χ0v) is 12.7. The minimum absolute atomic E-state index is 0.748. The van der Waals surface area contributed by atoms with Crippen LogP contribution >= 0.6 is 27.3 Å². The quantitative estimate of drug-likeness (QED) is 0.722. The fraction of sp³-hybridized carbons (Fsp3) is 0.231. The molecule has 0 saturated carbocycles. The first-order chi connectivity index (χ1) is 9.26. The van der Waals surface area contributed by atoms with Crippen LogP contribution in [0, 0.1) is 0 Å². The number of imidazole rings is 1. The van der Waals surface area contributed by atoms with Crippen LogP contribution in [0.15, 0.2) is 34.4 Å². The molecule has 0 saturated heterocycles. The number of halogens is 1. The Morgan fingerprint density at radius 1 is 1.32 bits per heavy atom. The van der Waals surface area contributed by atoms with E-state index in [1.807, 2.05) is 30.5 Å². The largest absolute Gasteiger partial charge is 0.494 e. The molecule has 0 atom stereocenters. The van der Waals surface area contributed by atoms with E-state index >= 15 is 0 Å². The van der Waals surface area contributed by atoms with E-state index in [9.17, 15) is 0 Å². The van der Waals surface area contributed by atoms with Crippen LogP contribution in [-0.4, -0.2) is 21.2 Å². The molecule has 3 rings (SSSR count). The van der Waals surface area contributed by atoms with E-state index < -0.39 is 0 Å². The van der Waals surface area contributed by atoms with E-state index in [-0.39, 0.29) is 0 Å². The summed E-state index contributed by atoms with van der Waals surface area (Å²) in [7, 11) is 0. The molecule has 6 heteroatoms. The molecule has 0 unspecified atom stereocenters. The molecule has 0 fully saturated rings. The summed E-state index contributed by atoms with van der Waals surface area (Å²) in [6.07, 6.45) is 2.94. The highest BCUT2D eigenvalue weighted by molar-refractivity contribution is 9.11. The molecule has 19 heavy (non-hydrogen) atoms. The van der Waals surface area contributed by atoms with Crippen molar-refractivity contribution in [3.63, 3.8) is 0 Å². The van der Waals surface area contributed by atoms with Crippen LogP contribution < -0.4 is 4.74 Å². The number of rotatable bonds is 4. The molecule has 98 valence electrons. The molecule has 0 bridgehead atoms. The predicted octanol–water partition coefficient (Wildman–Crippen LogP) is 4.01. The maximum Gasteiger partial charge on any atom is 0.213 e. The molecule has 2 aromatic heterocycles. The van der Waals surface area contributed by atoms with Crippen molar-refractivity contribution in [2.75, 3.05) is 6.61 Å². The van der Waals surface area contributed by atoms with Gasteiger partial charge in [0.05, 0.1) is 18.5 Å². The Balaban J connectivity index is 1.86. The second kappa shape index (κ2) is 5.30. The zero-order valence-electron chi connectivity index (χ0n) is 10.3. The predicted molar refractivity (Wildman–Crippen MR) is 79.8 cm³/mol. The zero-order chi connectivity index (χ0) is 13.2. The lowest BCUT2D eigenvalue weighted by atomic mass is 10.2. The molecular formula is C13H12BrN3OS. The Labute approximate surface area is 123 Å². The normalized spacial score (nSPS) is 11.1. The van der Waals surface area contributed by atoms with Crippen LogP contribution in [0.2, 0.25) is 0 Å². The lowest BCUT2D eigenvalue weighted by Crippen LogP contribution is -1.94. The van der Waals surface area contributed by atoms with Gasteiger partial charge < -0.3 is 4.74 Å². The summed E-state index contributed by atoms with van der Waals surface area (Å²) in [6, 6.07) is 7.99. The van der Waals surface area contributed by atoms with E-state index in [1.165, 1.54) is 11.3 Å². The number of hydrogen-bond acceptors (Lipinski definition) is 4. The maximum absolute atomic E-state index is 5.56. The van der Waals surface area contributed by atoms with Gasteiger partial charge in [-0.1, -0.05) is 18.3 Å². The maximum atomic E-state index is 5.56. The fourth-order valence-corrected chi connectivity index (χ4v) is 2.97. The van der Waals surface area contributed by atoms with Crippen molar-refractivity contribution in [3.8, 4) is 17.0 Å². The van der Waals surface area contributed by atoms with E-state index in [1.54, 1.807) is 4.52 Å². The fourth-order valence-electron chi connectivity index (χ4n) is 1.76. The summed E-state index contributed by atoms with van der Waals surface area (Å²) in [4.78, 5) is 5.43. The van der Waals surface area contributed by atoms with Crippen LogP contribution in [0.4, 0.5) is 0 Å². The van der Waals surface area contributed by atoms with Crippen molar-refractivity contribution in [1.82, 2.24) is 14.6 Å². The number of fused-ring (bicyclic) bond motifs is 1. The van der Waals surface area contributed by atoms with Crippen LogP contribution in [-0.2, 0) is 0 Å². The highest BCUT2D eigenvalue weighted by atomic mass is 79.9. The van der Waals surface area contributed by atoms with Gasteiger partial charge in [-0.2, -0.15) is 0 Å². The molecule has 2 heterocycles. The van der Waals surface area contributed by atoms with Crippen LogP contribution in [0.25, 0.3) is 16.2 Å². The summed E-state index contributed by atoms with van der Waals surface area (Å²) in [5.74, 6) is 0.896. The van der Waals surface area contributed by atoms with E-state index in [4.69, 9.17) is 4.74 Å². The van der Waals surface area contributed by atoms with Crippen LogP contribution in [0.5, 0.6) is 5.75 Å². The Morgan fingerprint density at radius 2 is 2.11 bits per heavy atom. The Bertz CT molecular complexity index is 658. The summed E-state index contributed by atoms with van der Waals surface area (Å²) in [5, 5.41) is 4.28. The second-order valence-corrected chi connectivity index (χ2v) is 6.31. The van der Waals surface area contributed by atoms with Gasteiger partial charge in [0, 0.05) is 5.56 Å². The second-order valence-electron chi connectivity index (χ2n) is 4.08. The van der Waals surface area contributed by atoms with Crippen molar-refractivity contribution in [1.29, 1.82) is 0 Å². The number of benzene rings is 1. The molecule has 0 aliphatic heterocycles. The van der Waals surface area contributed by atoms with Crippen LogP contribution in [0.3, 0.4) is 0 Å². The monoisotopic (exact) mass is 337 g/mol. The van der Waals surface area contributed by atoms with Gasteiger partial charge in [-0.25, -0.2) is 9.50 Å². The van der Waals surface area contributed by atoms with E-state index in [0.29, 0.717) is 0 Å². The summed E-state index contributed by atoms with van der Waals surface area (Å²) >= 11 is 4.86. The van der Waals surface area contributed by atoms with Gasteiger partial charge in [-0.05, 0) is 46.6 Å². The Morgan fingerprint density at radius 3 is 2.79 bits per heavy atom. The molecule has 4 nitrogen and oxygen atoms in total. The van der Waals surface area contributed by atoms with Crippen molar-refractivity contribution in [2.45, 2.75) is 13.3 Å². The minimum Gasteiger partial charge on any atom is -0.494 e. The van der Waals surface area contributed by atoms with E-state index in [2.05, 4.69) is 32.9 Å². The lowest BCUT2D eigenvalue weighted by Gasteiger charge is -2.04. The topological polar surface area (TPSA) is 39.4 Å². The van der Waals surface area contributed by atoms with Gasteiger partial charge in [0.15, 0.2) is 3.92 Å².